The smallest absolute Gasteiger partial charge is 0.320 e. The summed E-state index contributed by atoms with van der Waals surface area (Å²) in [5.74, 6) is 0.999. The molecular formula is C22H27NO5. The molecule has 1 heterocycles. The highest BCUT2D eigenvalue weighted by atomic mass is 16.5. The molecule has 6 nitrogen and oxygen atoms in total. The van der Waals surface area contributed by atoms with Crippen LogP contribution in [0, 0.1) is 6.92 Å². The molecule has 0 amide bonds. The number of carbonyl (C=O) groups is 1. The monoisotopic (exact) mass is 385 g/mol. The molecule has 1 aliphatic heterocycles. The van der Waals surface area contributed by atoms with Gasteiger partial charge in [0.2, 0.25) is 0 Å². The molecule has 2 aromatic carbocycles. The Kier molecular flexibility index (Phi) is 6.09. The Labute approximate surface area is 165 Å². The minimum atomic E-state index is -0.797. The Morgan fingerprint density at radius 3 is 2.36 bits per heavy atom. The standard InChI is InChI=1S/C22H27NO5/c1-14-7-5-8-15(11-14)21(23-10-6-9-17(23)22(24)25)16-12-19(27-3)20(28-4)13-18(16)26-2/h5,7-8,11-13,17,21H,6,9-10H2,1-4H3,(H,24,25). The lowest BCUT2D eigenvalue weighted by Gasteiger charge is -2.33. The van der Waals surface area contributed by atoms with Gasteiger partial charge in [-0.3, -0.25) is 9.69 Å². The van der Waals surface area contributed by atoms with Crippen molar-refractivity contribution in [1.29, 1.82) is 0 Å². The van der Waals surface area contributed by atoms with Crippen molar-refractivity contribution in [2.75, 3.05) is 27.9 Å². The molecule has 3 rings (SSSR count). The summed E-state index contributed by atoms with van der Waals surface area (Å²) in [5.41, 5.74) is 3.01. The number of hydrogen-bond acceptors (Lipinski definition) is 5. The fraction of sp³-hybridized carbons (Fsp3) is 0.409. The maximum Gasteiger partial charge on any atom is 0.320 e. The van der Waals surface area contributed by atoms with Crippen LogP contribution in [0.25, 0.3) is 0 Å². The molecule has 1 fully saturated rings. The Balaban J connectivity index is 2.21. The first-order valence-corrected chi connectivity index (χ1v) is 9.35. The topological polar surface area (TPSA) is 68.2 Å². The van der Waals surface area contributed by atoms with Crippen LogP contribution in [0.1, 0.15) is 35.6 Å². The predicted molar refractivity (Wildman–Crippen MR) is 106 cm³/mol. The van der Waals surface area contributed by atoms with Crippen LogP contribution in [0.4, 0.5) is 0 Å². The minimum Gasteiger partial charge on any atom is -0.496 e. The molecule has 0 bridgehead atoms. The number of likely N-dealkylation sites (tertiary alicyclic amines) is 1. The molecule has 2 aromatic rings. The number of nitrogens with zero attached hydrogens (tertiary/aromatic N) is 1. The van der Waals surface area contributed by atoms with Crippen molar-refractivity contribution in [3.8, 4) is 17.2 Å². The third kappa shape index (κ3) is 3.78. The molecule has 0 radical (unpaired) electrons. The van der Waals surface area contributed by atoms with Gasteiger partial charge in [-0.15, -0.1) is 0 Å². The summed E-state index contributed by atoms with van der Waals surface area (Å²) in [5, 5.41) is 9.77. The number of rotatable bonds is 7. The van der Waals surface area contributed by atoms with Crippen LogP contribution >= 0.6 is 0 Å². The molecule has 1 N–H and O–H groups in total. The van der Waals surface area contributed by atoms with Crippen molar-refractivity contribution in [3.05, 3.63) is 53.1 Å². The largest absolute Gasteiger partial charge is 0.496 e. The van der Waals surface area contributed by atoms with Crippen LogP contribution in [-0.2, 0) is 4.79 Å². The summed E-state index contributed by atoms with van der Waals surface area (Å²) in [7, 11) is 4.78. The second kappa shape index (κ2) is 8.52. The lowest BCUT2D eigenvalue weighted by molar-refractivity contribution is -0.142. The zero-order valence-electron chi connectivity index (χ0n) is 16.8. The van der Waals surface area contributed by atoms with E-state index in [1.807, 2.05) is 36.1 Å². The Bertz CT molecular complexity index is 851. The van der Waals surface area contributed by atoms with Gasteiger partial charge in [-0.05, 0) is 31.4 Å². The van der Waals surface area contributed by atoms with Crippen molar-refractivity contribution < 1.29 is 24.1 Å². The minimum absolute atomic E-state index is 0.266. The van der Waals surface area contributed by atoms with E-state index in [1.165, 1.54) is 0 Å². The van der Waals surface area contributed by atoms with Crippen molar-refractivity contribution >= 4 is 5.97 Å². The van der Waals surface area contributed by atoms with E-state index in [-0.39, 0.29) is 6.04 Å². The molecule has 1 saturated heterocycles. The highest BCUT2D eigenvalue weighted by Gasteiger charge is 2.38. The van der Waals surface area contributed by atoms with E-state index >= 15 is 0 Å². The number of aryl methyl sites for hydroxylation is 1. The lowest BCUT2D eigenvalue weighted by Crippen LogP contribution is -2.39. The number of benzene rings is 2. The van der Waals surface area contributed by atoms with E-state index in [4.69, 9.17) is 14.2 Å². The van der Waals surface area contributed by atoms with Crippen molar-refractivity contribution in [1.82, 2.24) is 4.90 Å². The second-order valence-corrected chi connectivity index (χ2v) is 7.00. The Morgan fingerprint density at radius 1 is 1.07 bits per heavy atom. The second-order valence-electron chi connectivity index (χ2n) is 7.00. The van der Waals surface area contributed by atoms with E-state index in [2.05, 4.69) is 6.07 Å². The fourth-order valence-electron chi connectivity index (χ4n) is 4.02. The highest BCUT2D eigenvalue weighted by molar-refractivity contribution is 5.74. The molecular weight excluding hydrogens is 358 g/mol. The summed E-state index contributed by atoms with van der Waals surface area (Å²) in [6.45, 7) is 2.73. The molecule has 28 heavy (non-hydrogen) atoms. The van der Waals surface area contributed by atoms with Gasteiger partial charge < -0.3 is 19.3 Å². The number of carboxylic acids is 1. The number of aliphatic carboxylic acids is 1. The van der Waals surface area contributed by atoms with Crippen LogP contribution < -0.4 is 14.2 Å². The molecule has 0 aromatic heterocycles. The number of hydrogen-bond donors (Lipinski definition) is 1. The summed E-state index contributed by atoms with van der Waals surface area (Å²) in [6.07, 6.45) is 1.47. The first kappa shape index (κ1) is 20.0. The number of ether oxygens (including phenoxy) is 3. The van der Waals surface area contributed by atoms with Gasteiger partial charge in [0.15, 0.2) is 11.5 Å². The van der Waals surface area contributed by atoms with Gasteiger partial charge in [-0.2, -0.15) is 0 Å². The molecule has 150 valence electrons. The van der Waals surface area contributed by atoms with Gasteiger partial charge in [-0.25, -0.2) is 0 Å². The van der Waals surface area contributed by atoms with Crippen LogP contribution in [0.2, 0.25) is 0 Å². The third-order valence-electron chi connectivity index (χ3n) is 5.30. The van der Waals surface area contributed by atoms with Crippen LogP contribution in [0.15, 0.2) is 36.4 Å². The first-order chi connectivity index (χ1) is 13.5. The quantitative estimate of drug-likeness (QED) is 0.785. The van der Waals surface area contributed by atoms with Crippen LogP contribution in [0.3, 0.4) is 0 Å². The molecule has 0 spiro atoms. The predicted octanol–water partition coefficient (Wildman–Crippen LogP) is 3.66. The molecule has 2 unspecified atom stereocenters. The first-order valence-electron chi connectivity index (χ1n) is 9.35. The zero-order valence-corrected chi connectivity index (χ0v) is 16.8. The van der Waals surface area contributed by atoms with Gasteiger partial charge >= 0.3 is 5.97 Å². The number of methoxy groups -OCH3 is 3. The van der Waals surface area contributed by atoms with E-state index in [9.17, 15) is 9.90 Å². The summed E-state index contributed by atoms with van der Waals surface area (Å²) >= 11 is 0. The van der Waals surface area contributed by atoms with Crippen LogP contribution in [-0.4, -0.2) is 49.9 Å². The molecule has 2 atom stereocenters. The van der Waals surface area contributed by atoms with Crippen LogP contribution in [0.5, 0.6) is 17.2 Å². The molecule has 1 aliphatic rings. The van der Waals surface area contributed by atoms with Gasteiger partial charge in [0.1, 0.15) is 11.8 Å². The van der Waals surface area contributed by atoms with Gasteiger partial charge in [-0.1, -0.05) is 29.8 Å². The Hall–Kier alpha value is -2.73. The maximum absolute atomic E-state index is 11.9. The SMILES string of the molecule is COc1cc(OC)c(C(c2cccc(C)c2)N2CCCC2C(=O)O)cc1OC. The molecule has 6 heteroatoms. The summed E-state index contributed by atoms with van der Waals surface area (Å²) in [6, 6.07) is 11.0. The van der Waals surface area contributed by atoms with Crippen molar-refractivity contribution in [2.45, 2.75) is 31.8 Å². The van der Waals surface area contributed by atoms with E-state index < -0.39 is 12.0 Å². The van der Waals surface area contributed by atoms with Gasteiger partial charge in [0.25, 0.3) is 0 Å². The summed E-state index contributed by atoms with van der Waals surface area (Å²) < 4.78 is 16.6. The van der Waals surface area contributed by atoms with Gasteiger partial charge in [0, 0.05) is 18.2 Å². The van der Waals surface area contributed by atoms with E-state index in [0.717, 1.165) is 23.1 Å². The third-order valence-corrected chi connectivity index (χ3v) is 5.30. The molecule has 0 saturated carbocycles. The zero-order chi connectivity index (χ0) is 20.3. The van der Waals surface area contributed by atoms with Gasteiger partial charge in [0.05, 0.1) is 27.4 Å². The van der Waals surface area contributed by atoms with Crippen molar-refractivity contribution in [3.63, 3.8) is 0 Å². The fourth-order valence-corrected chi connectivity index (χ4v) is 4.02. The summed E-state index contributed by atoms with van der Waals surface area (Å²) in [4.78, 5) is 13.9. The number of carboxylic acid groups (broad SMARTS) is 1. The van der Waals surface area contributed by atoms with E-state index in [0.29, 0.717) is 30.2 Å². The highest BCUT2D eigenvalue weighted by Crippen LogP contribution is 2.43. The maximum atomic E-state index is 11.9. The van der Waals surface area contributed by atoms with Crippen molar-refractivity contribution in [2.24, 2.45) is 0 Å². The molecule has 0 aliphatic carbocycles. The normalized spacial score (nSPS) is 17.9. The van der Waals surface area contributed by atoms with E-state index in [1.54, 1.807) is 27.4 Å². The lowest BCUT2D eigenvalue weighted by atomic mass is 9.94. The Morgan fingerprint density at radius 2 is 1.75 bits per heavy atom. The average Bonchev–Trinajstić information content (AvgIpc) is 3.17. The average molecular weight is 385 g/mol.